The number of para-hydroxylation sites is 2. The highest BCUT2D eigenvalue weighted by Crippen LogP contribution is 2.36. The molecule has 0 atom stereocenters. The van der Waals surface area contributed by atoms with E-state index in [-0.39, 0.29) is 5.54 Å². The lowest BCUT2D eigenvalue weighted by Crippen LogP contribution is -2.55. The van der Waals surface area contributed by atoms with Crippen molar-refractivity contribution >= 4 is 17.2 Å². The van der Waals surface area contributed by atoms with Crippen LogP contribution in [0.15, 0.2) is 83.9 Å². The van der Waals surface area contributed by atoms with Gasteiger partial charge in [-0.15, -0.1) is 0 Å². The van der Waals surface area contributed by atoms with Gasteiger partial charge in [-0.1, -0.05) is 66.7 Å². The number of hydrogen-bond donors (Lipinski definition) is 2. The molecule has 2 aliphatic rings. The number of ether oxygens (including phenoxy) is 1. The molecule has 146 valence electrons. The third-order valence-electron chi connectivity index (χ3n) is 5.86. The Bertz CT molecular complexity index is 1020. The Morgan fingerprint density at radius 3 is 2.31 bits per heavy atom. The molecule has 0 bridgehead atoms. The Morgan fingerprint density at radius 2 is 1.48 bits per heavy atom. The van der Waals surface area contributed by atoms with E-state index < -0.39 is 0 Å². The first kappa shape index (κ1) is 18.0. The molecule has 2 heterocycles. The Morgan fingerprint density at radius 1 is 0.793 bits per heavy atom. The van der Waals surface area contributed by atoms with Gasteiger partial charge >= 0.3 is 0 Å². The summed E-state index contributed by atoms with van der Waals surface area (Å²) in [5, 5.41) is 7.39. The summed E-state index contributed by atoms with van der Waals surface area (Å²) in [5.74, 6) is 1.02. The van der Waals surface area contributed by atoms with Crippen LogP contribution in [-0.2, 0) is 11.3 Å². The largest absolute Gasteiger partial charge is 0.381 e. The minimum atomic E-state index is -0.186. The van der Waals surface area contributed by atoms with Crippen LogP contribution in [-0.4, -0.2) is 24.6 Å². The highest BCUT2D eigenvalue weighted by Gasteiger charge is 2.41. The second-order valence-corrected chi connectivity index (χ2v) is 7.68. The van der Waals surface area contributed by atoms with Crippen molar-refractivity contribution in [2.24, 2.45) is 4.99 Å². The first-order valence-electron chi connectivity index (χ1n) is 10.2. The summed E-state index contributed by atoms with van der Waals surface area (Å²) in [7, 11) is 0. The second kappa shape index (κ2) is 7.72. The van der Waals surface area contributed by atoms with Gasteiger partial charge in [-0.2, -0.15) is 0 Å². The van der Waals surface area contributed by atoms with Gasteiger partial charge in [0, 0.05) is 26.1 Å². The van der Waals surface area contributed by atoms with E-state index in [9.17, 15) is 0 Å². The topological polar surface area (TPSA) is 45.7 Å². The van der Waals surface area contributed by atoms with E-state index in [1.807, 2.05) is 0 Å². The monoisotopic (exact) mass is 383 g/mol. The quantitative estimate of drug-likeness (QED) is 0.642. The zero-order valence-corrected chi connectivity index (χ0v) is 16.4. The van der Waals surface area contributed by atoms with Gasteiger partial charge in [-0.3, -0.25) is 4.99 Å². The molecular weight excluding hydrogens is 358 g/mol. The van der Waals surface area contributed by atoms with Crippen LogP contribution in [0.2, 0.25) is 0 Å². The lowest BCUT2D eigenvalue weighted by molar-refractivity contribution is 0.0778. The molecule has 29 heavy (non-hydrogen) atoms. The molecule has 0 saturated carbocycles. The van der Waals surface area contributed by atoms with Crippen LogP contribution in [0, 0.1) is 0 Å². The number of fused-ring (bicyclic) bond motifs is 1. The highest BCUT2D eigenvalue weighted by molar-refractivity contribution is 6.09. The molecule has 1 fully saturated rings. The van der Waals surface area contributed by atoms with Crippen molar-refractivity contribution in [1.82, 2.24) is 0 Å². The van der Waals surface area contributed by atoms with E-state index in [4.69, 9.17) is 9.73 Å². The molecule has 5 rings (SSSR count). The number of aliphatic imine (C=N–C) groups is 1. The normalized spacial score (nSPS) is 18.7. The SMILES string of the molecule is c1ccc(-c2ccccc2CN=C2Nc3ccccc3NC23CCOCC3)cc1. The van der Waals surface area contributed by atoms with E-state index >= 15 is 0 Å². The van der Waals surface area contributed by atoms with Crippen LogP contribution in [0.5, 0.6) is 0 Å². The van der Waals surface area contributed by atoms with Crippen molar-refractivity contribution in [2.75, 3.05) is 23.8 Å². The van der Waals surface area contributed by atoms with Crippen LogP contribution in [0.1, 0.15) is 18.4 Å². The van der Waals surface area contributed by atoms with Crippen LogP contribution in [0.4, 0.5) is 11.4 Å². The molecule has 2 aliphatic heterocycles. The number of nitrogens with one attached hydrogen (secondary N) is 2. The molecule has 3 aromatic rings. The summed E-state index contributed by atoms with van der Waals surface area (Å²) in [6.45, 7) is 2.13. The standard InChI is InChI=1S/C25H25N3O/c1-2-8-19(9-3-1)21-11-5-4-10-20(21)18-26-24-25(14-16-29-17-15-25)28-23-13-7-6-12-22(23)27-24/h1-13,28H,14-18H2,(H,26,27). The van der Waals surface area contributed by atoms with E-state index in [0.29, 0.717) is 6.54 Å². The lowest BCUT2D eigenvalue weighted by Gasteiger charge is -2.43. The Hall–Kier alpha value is -3.11. The van der Waals surface area contributed by atoms with E-state index in [2.05, 4.69) is 89.5 Å². The van der Waals surface area contributed by atoms with Crippen molar-refractivity contribution < 1.29 is 4.74 Å². The van der Waals surface area contributed by atoms with Gasteiger partial charge in [-0.25, -0.2) is 0 Å². The van der Waals surface area contributed by atoms with Crippen LogP contribution >= 0.6 is 0 Å². The van der Waals surface area contributed by atoms with Crippen molar-refractivity contribution in [3.63, 3.8) is 0 Å². The Balaban J connectivity index is 1.50. The van der Waals surface area contributed by atoms with Gasteiger partial charge in [0.05, 0.1) is 23.5 Å². The average Bonchev–Trinajstić information content (AvgIpc) is 2.79. The molecule has 0 aromatic heterocycles. The molecule has 1 spiro atoms. The lowest BCUT2D eigenvalue weighted by atomic mass is 9.86. The van der Waals surface area contributed by atoms with Crippen molar-refractivity contribution in [3.8, 4) is 11.1 Å². The number of anilines is 2. The third-order valence-corrected chi connectivity index (χ3v) is 5.86. The predicted octanol–water partition coefficient (Wildman–Crippen LogP) is 5.34. The van der Waals surface area contributed by atoms with E-state index in [1.165, 1.54) is 16.7 Å². The summed E-state index contributed by atoms with van der Waals surface area (Å²) in [6, 6.07) is 27.4. The number of rotatable bonds is 3. The molecular formula is C25H25N3O. The fraction of sp³-hybridized carbons (Fsp3) is 0.240. The minimum absolute atomic E-state index is 0.186. The minimum Gasteiger partial charge on any atom is -0.381 e. The van der Waals surface area contributed by atoms with E-state index in [1.54, 1.807) is 0 Å². The molecule has 2 N–H and O–H groups in total. The van der Waals surface area contributed by atoms with Crippen molar-refractivity contribution in [2.45, 2.75) is 24.9 Å². The summed E-state index contributed by atoms with van der Waals surface area (Å²) < 4.78 is 5.65. The van der Waals surface area contributed by atoms with E-state index in [0.717, 1.165) is 43.3 Å². The van der Waals surface area contributed by atoms with Gasteiger partial charge in [0.1, 0.15) is 5.84 Å². The molecule has 3 aromatic carbocycles. The maximum atomic E-state index is 5.65. The van der Waals surface area contributed by atoms with Gasteiger partial charge < -0.3 is 15.4 Å². The van der Waals surface area contributed by atoms with Gasteiger partial charge in [0.2, 0.25) is 0 Å². The van der Waals surface area contributed by atoms with Gasteiger partial charge in [-0.05, 0) is 28.8 Å². The molecule has 0 unspecified atom stereocenters. The predicted molar refractivity (Wildman–Crippen MR) is 119 cm³/mol. The zero-order valence-electron chi connectivity index (χ0n) is 16.4. The second-order valence-electron chi connectivity index (χ2n) is 7.68. The Labute approximate surface area is 171 Å². The number of amidine groups is 1. The van der Waals surface area contributed by atoms with Crippen molar-refractivity contribution in [1.29, 1.82) is 0 Å². The molecule has 4 nitrogen and oxygen atoms in total. The average molecular weight is 383 g/mol. The Kier molecular flexibility index (Phi) is 4.78. The first-order chi connectivity index (χ1) is 14.3. The first-order valence-corrected chi connectivity index (χ1v) is 10.2. The number of nitrogens with zero attached hydrogens (tertiary/aromatic N) is 1. The van der Waals surface area contributed by atoms with Gasteiger partial charge in [0.25, 0.3) is 0 Å². The van der Waals surface area contributed by atoms with Gasteiger partial charge in [0.15, 0.2) is 0 Å². The zero-order chi connectivity index (χ0) is 19.5. The molecule has 0 radical (unpaired) electrons. The highest BCUT2D eigenvalue weighted by atomic mass is 16.5. The van der Waals surface area contributed by atoms with Crippen molar-refractivity contribution in [3.05, 3.63) is 84.4 Å². The maximum Gasteiger partial charge on any atom is 0.127 e. The van der Waals surface area contributed by atoms with Crippen LogP contribution in [0.25, 0.3) is 11.1 Å². The number of hydrogen-bond acceptors (Lipinski definition) is 3. The maximum absolute atomic E-state index is 5.65. The molecule has 0 amide bonds. The number of benzene rings is 3. The van der Waals surface area contributed by atoms with Crippen LogP contribution < -0.4 is 10.6 Å². The van der Waals surface area contributed by atoms with Crippen LogP contribution in [0.3, 0.4) is 0 Å². The summed E-state index contributed by atoms with van der Waals surface area (Å²) >= 11 is 0. The summed E-state index contributed by atoms with van der Waals surface area (Å²) in [4.78, 5) is 5.10. The molecule has 0 aliphatic carbocycles. The summed E-state index contributed by atoms with van der Waals surface area (Å²) in [5.41, 5.74) is 5.73. The smallest absolute Gasteiger partial charge is 0.127 e. The fourth-order valence-electron chi connectivity index (χ4n) is 4.26. The molecule has 4 heteroatoms. The third kappa shape index (κ3) is 3.52. The fourth-order valence-corrected chi connectivity index (χ4v) is 4.26. The summed E-state index contributed by atoms with van der Waals surface area (Å²) in [6.07, 6.45) is 1.82. The molecule has 1 saturated heterocycles.